The third kappa shape index (κ3) is 3.58. The Labute approximate surface area is 164 Å². The van der Waals surface area contributed by atoms with Gasteiger partial charge in [-0.3, -0.25) is 4.98 Å². The first-order valence-corrected chi connectivity index (χ1v) is 9.70. The number of nitriles is 1. The lowest BCUT2D eigenvalue weighted by atomic mass is 9.76. The predicted molar refractivity (Wildman–Crippen MR) is 104 cm³/mol. The number of hydrogen-bond donors (Lipinski definition) is 2. The van der Waals surface area contributed by atoms with Crippen LogP contribution in [0.5, 0.6) is 0 Å². The molecule has 0 saturated heterocycles. The Hall–Kier alpha value is -2.55. The standard InChI is InChI=1S/C23H23FN2O2/c24-18-3-1-2-15(10-18)16-4-5-19(26-13-16)6-9-22-21-8-7-20(27)11-17(21)12-23(22,28)14-25/h1-6,9-10,13,17,20-22,27-28H,7-8,11-12H2/b9-6+/t17-,20+,21+,22-,23+/m0/s1. The van der Waals surface area contributed by atoms with Crippen molar-refractivity contribution in [3.63, 3.8) is 0 Å². The van der Waals surface area contributed by atoms with E-state index in [4.69, 9.17) is 0 Å². The van der Waals surface area contributed by atoms with Gasteiger partial charge in [-0.2, -0.15) is 5.26 Å². The SMILES string of the molecule is N#C[C@]1(O)C[C@@H]2C[C@H](O)CC[C@H]2[C@@H]1/C=C/c1ccc(-c2cccc(F)c2)cn1. The van der Waals surface area contributed by atoms with Crippen molar-refractivity contribution < 1.29 is 14.6 Å². The van der Waals surface area contributed by atoms with Gasteiger partial charge in [-0.15, -0.1) is 0 Å². The number of hydrogen-bond acceptors (Lipinski definition) is 4. The van der Waals surface area contributed by atoms with Crippen LogP contribution in [-0.2, 0) is 0 Å². The van der Waals surface area contributed by atoms with Crippen molar-refractivity contribution in [2.45, 2.75) is 37.4 Å². The van der Waals surface area contributed by atoms with Gasteiger partial charge in [0, 0.05) is 17.7 Å². The highest BCUT2D eigenvalue weighted by molar-refractivity contribution is 5.63. The van der Waals surface area contributed by atoms with E-state index in [2.05, 4.69) is 11.1 Å². The first-order valence-electron chi connectivity index (χ1n) is 9.70. The summed E-state index contributed by atoms with van der Waals surface area (Å²) in [5.41, 5.74) is 0.922. The minimum Gasteiger partial charge on any atom is -0.393 e. The van der Waals surface area contributed by atoms with E-state index in [1.165, 1.54) is 12.1 Å². The summed E-state index contributed by atoms with van der Waals surface area (Å²) in [6.07, 6.45) is 7.70. The van der Waals surface area contributed by atoms with Gasteiger partial charge in [-0.1, -0.05) is 24.3 Å². The summed E-state index contributed by atoms with van der Waals surface area (Å²) in [5, 5.41) is 30.3. The van der Waals surface area contributed by atoms with Crippen molar-refractivity contribution in [2.24, 2.45) is 17.8 Å². The highest BCUT2D eigenvalue weighted by Crippen LogP contribution is 2.51. The molecule has 28 heavy (non-hydrogen) atoms. The molecule has 144 valence electrons. The first kappa shape index (κ1) is 18.8. The van der Waals surface area contributed by atoms with Gasteiger partial charge in [0.15, 0.2) is 5.60 Å². The van der Waals surface area contributed by atoms with Gasteiger partial charge in [0.25, 0.3) is 0 Å². The number of aliphatic hydroxyl groups is 2. The summed E-state index contributed by atoms with van der Waals surface area (Å²) in [6, 6.07) is 12.2. The van der Waals surface area contributed by atoms with Crippen LogP contribution in [0.25, 0.3) is 17.2 Å². The molecule has 0 unspecified atom stereocenters. The molecule has 0 radical (unpaired) electrons. The quantitative estimate of drug-likeness (QED) is 0.793. The molecule has 2 saturated carbocycles. The Morgan fingerprint density at radius 1 is 1.21 bits per heavy atom. The number of benzene rings is 1. The smallest absolute Gasteiger partial charge is 0.157 e. The van der Waals surface area contributed by atoms with Crippen molar-refractivity contribution in [1.29, 1.82) is 5.26 Å². The topological polar surface area (TPSA) is 77.1 Å². The predicted octanol–water partition coefficient (Wildman–Crippen LogP) is 3.95. The number of nitrogens with zero attached hydrogens (tertiary/aromatic N) is 2. The summed E-state index contributed by atoms with van der Waals surface area (Å²) in [6.45, 7) is 0. The monoisotopic (exact) mass is 378 g/mol. The number of aromatic nitrogens is 1. The Bertz CT molecular complexity index is 921. The molecule has 2 N–H and O–H groups in total. The van der Waals surface area contributed by atoms with Crippen LogP contribution in [0.1, 0.15) is 31.4 Å². The van der Waals surface area contributed by atoms with Crippen LogP contribution in [0.2, 0.25) is 0 Å². The second-order valence-electron chi connectivity index (χ2n) is 8.00. The van der Waals surface area contributed by atoms with Crippen LogP contribution < -0.4 is 0 Å². The maximum Gasteiger partial charge on any atom is 0.157 e. The normalized spacial score (nSPS) is 32.2. The zero-order valence-electron chi connectivity index (χ0n) is 15.5. The van der Waals surface area contributed by atoms with E-state index in [0.717, 1.165) is 23.2 Å². The van der Waals surface area contributed by atoms with Crippen molar-refractivity contribution in [3.8, 4) is 17.2 Å². The van der Waals surface area contributed by atoms with Crippen molar-refractivity contribution in [3.05, 3.63) is 60.2 Å². The third-order valence-corrected chi connectivity index (χ3v) is 6.21. The van der Waals surface area contributed by atoms with E-state index in [0.29, 0.717) is 19.3 Å². The highest BCUT2D eigenvalue weighted by Gasteiger charge is 2.53. The average Bonchev–Trinajstić information content (AvgIpc) is 2.98. The van der Waals surface area contributed by atoms with E-state index < -0.39 is 5.60 Å². The van der Waals surface area contributed by atoms with Crippen molar-refractivity contribution in [1.82, 2.24) is 4.98 Å². The Morgan fingerprint density at radius 2 is 2.07 bits per heavy atom. The van der Waals surface area contributed by atoms with E-state index in [1.807, 2.05) is 30.4 Å². The van der Waals surface area contributed by atoms with Crippen LogP contribution in [0.15, 0.2) is 48.7 Å². The minimum absolute atomic E-state index is 0.173. The lowest BCUT2D eigenvalue weighted by Gasteiger charge is -2.31. The molecule has 4 rings (SSSR count). The Balaban J connectivity index is 1.54. The van der Waals surface area contributed by atoms with Gasteiger partial charge in [0.1, 0.15) is 5.82 Å². The molecular weight excluding hydrogens is 355 g/mol. The fraction of sp³-hybridized carbons (Fsp3) is 0.391. The molecule has 0 bridgehead atoms. The first-order chi connectivity index (χ1) is 13.5. The molecule has 0 aliphatic heterocycles. The van der Waals surface area contributed by atoms with Crippen molar-refractivity contribution >= 4 is 6.08 Å². The molecule has 0 amide bonds. The largest absolute Gasteiger partial charge is 0.393 e. The van der Waals surface area contributed by atoms with Crippen LogP contribution in [0, 0.1) is 34.9 Å². The van der Waals surface area contributed by atoms with E-state index in [1.54, 1.807) is 12.3 Å². The molecule has 1 aromatic heterocycles. The summed E-state index contributed by atoms with van der Waals surface area (Å²) >= 11 is 0. The maximum atomic E-state index is 13.4. The minimum atomic E-state index is -1.39. The number of halogens is 1. The summed E-state index contributed by atoms with van der Waals surface area (Å²) in [5.74, 6) is -0.174. The second-order valence-corrected chi connectivity index (χ2v) is 8.00. The molecule has 2 aliphatic rings. The van der Waals surface area contributed by atoms with Crippen LogP contribution >= 0.6 is 0 Å². The van der Waals surface area contributed by atoms with E-state index in [-0.39, 0.29) is 29.7 Å². The Morgan fingerprint density at radius 3 is 2.79 bits per heavy atom. The van der Waals surface area contributed by atoms with E-state index >= 15 is 0 Å². The molecule has 1 heterocycles. The average molecular weight is 378 g/mol. The van der Waals surface area contributed by atoms with E-state index in [9.17, 15) is 19.9 Å². The molecule has 2 fully saturated rings. The summed E-state index contributed by atoms with van der Waals surface area (Å²) in [7, 11) is 0. The Kier molecular flexibility index (Phi) is 5.01. The molecule has 4 nitrogen and oxygen atoms in total. The number of fused-ring (bicyclic) bond motifs is 1. The van der Waals surface area contributed by atoms with Gasteiger partial charge in [-0.05, 0) is 67.4 Å². The third-order valence-electron chi connectivity index (χ3n) is 6.21. The number of aliphatic hydroxyl groups excluding tert-OH is 1. The van der Waals surface area contributed by atoms with Crippen LogP contribution in [0.3, 0.4) is 0 Å². The maximum absolute atomic E-state index is 13.4. The second kappa shape index (κ2) is 7.46. The molecule has 2 aliphatic carbocycles. The van der Waals surface area contributed by atoms with Gasteiger partial charge >= 0.3 is 0 Å². The zero-order chi connectivity index (χ0) is 19.7. The summed E-state index contributed by atoms with van der Waals surface area (Å²) in [4.78, 5) is 4.42. The van der Waals surface area contributed by atoms with Crippen LogP contribution in [-0.4, -0.2) is 26.9 Å². The highest BCUT2D eigenvalue weighted by atomic mass is 19.1. The van der Waals surface area contributed by atoms with Gasteiger partial charge in [0.2, 0.25) is 0 Å². The molecule has 2 aromatic rings. The van der Waals surface area contributed by atoms with Crippen molar-refractivity contribution in [2.75, 3.05) is 0 Å². The summed E-state index contributed by atoms with van der Waals surface area (Å²) < 4.78 is 13.4. The molecule has 1 aromatic carbocycles. The van der Waals surface area contributed by atoms with Gasteiger partial charge < -0.3 is 10.2 Å². The number of rotatable bonds is 3. The van der Waals surface area contributed by atoms with Gasteiger partial charge in [0.05, 0.1) is 17.9 Å². The number of pyridine rings is 1. The fourth-order valence-corrected chi connectivity index (χ4v) is 4.83. The van der Waals surface area contributed by atoms with Crippen LogP contribution in [0.4, 0.5) is 4.39 Å². The molecule has 5 heteroatoms. The molecule has 5 atom stereocenters. The zero-order valence-corrected chi connectivity index (χ0v) is 15.5. The fourth-order valence-electron chi connectivity index (χ4n) is 4.83. The van der Waals surface area contributed by atoms with Gasteiger partial charge in [-0.25, -0.2) is 4.39 Å². The lowest BCUT2D eigenvalue weighted by molar-refractivity contribution is 0.0633. The lowest BCUT2D eigenvalue weighted by Crippen LogP contribution is -2.33. The molecular formula is C23H23FN2O2. The molecule has 0 spiro atoms.